The number of amides is 1. The molecular formula is C13H18N4O2. The zero-order chi connectivity index (χ0) is 13.9. The van der Waals surface area contributed by atoms with Crippen molar-refractivity contribution in [2.75, 3.05) is 13.2 Å². The standard InChI is InChI=1S/C13H18N4O2/c1-2-3-9-19-13(18)16-12(10-15-17-14)11-7-5-4-6-8-11/h4-8,12H,2-3,9-10H2,1H3,(H,16,18)/t12-/m0/s1. The van der Waals surface area contributed by atoms with Gasteiger partial charge in [0, 0.05) is 4.91 Å². The van der Waals surface area contributed by atoms with Crippen LogP contribution in [0.2, 0.25) is 0 Å². The molecule has 0 saturated heterocycles. The lowest BCUT2D eigenvalue weighted by atomic mass is 10.1. The van der Waals surface area contributed by atoms with Crippen LogP contribution in [0.5, 0.6) is 0 Å². The summed E-state index contributed by atoms with van der Waals surface area (Å²) in [6, 6.07) is 8.97. The van der Waals surface area contributed by atoms with Crippen molar-refractivity contribution in [1.29, 1.82) is 0 Å². The van der Waals surface area contributed by atoms with Crippen LogP contribution in [0.25, 0.3) is 10.4 Å². The fourth-order valence-electron chi connectivity index (χ4n) is 1.53. The van der Waals surface area contributed by atoms with Gasteiger partial charge < -0.3 is 10.1 Å². The summed E-state index contributed by atoms with van der Waals surface area (Å²) < 4.78 is 5.03. The van der Waals surface area contributed by atoms with E-state index in [1.807, 2.05) is 37.3 Å². The Labute approximate surface area is 112 Å². The van der Waals surface area contributed by atoms with Crippen LogP contribution in [0.3, 0.4) is 0 Å². The fraction of sp³-hybridized carbons (Fsp3) is 0.462. The summed E-state index contributed by atoms with van der Waals surface area (Å²) in [5, 5.41) is 6.21. The number of benzene rings is 1. The zero-order valence-electron chi connectivity index (χ0n) is 11.0. The molecule has 6 heteroatoms. The highest BCUT2D eigenvalue weighted by molar-refractivity contribution is 5.67. The van der Waals surface area contributed by atoms with Gasteiger partial charge in [0.25, 0.3) is 0 Å². The second kappa shape index (κ2) is 8.83. The Morgan fingerprint density at radius 2 is 2.21 bits per heavy atom. The Bertz CT molecular complexity index is 430. The maximum atomic E-state index is 11.6. The van der Waals surface area contributed by atoms with Gasteiger partial charge >= 0.3 is 6.09 Å². The minimum Gasteiger partial charge on any atom is -0.450 e. The maximum absolute atomic E-state index is 11.6. The Balaban J connectivity index is 2.59. The van der Waals surface area contributed by atoms with E-state index in [4.69, 9.17) is 10.3 Å². The Hall–Kier alpha value is -2.20. The van der Waals surface area contributed by atoms with Gasteiger partial charge in [-0.05, 0) is 17.5 Å². The Morgan fingerprint density at radius 1 is 1.47 bits per heavy atom. The van der Waals surface area contributed by atoms with E-state index in [1.165, 1.54) is 0 Å². The quantitative estimate of drug-likeness (QED) is 0.352. The van der Waals surface area contributed by atoms with E-state index >= 15 is 0 Å². The van der Waals surface area contributed by atoms with E-state index in [1.54, 1.807) is 0 Å². The van der Waals surface area contributed by atoms with Crippen LogP contribution in [0.1, 0.15) is 31.4 Å². The zero-order valence-corrected chi connectivity index (χ0v) is 11.0. The number of unbranched alkanes of at least 4 members (excludes halogenated alkanes) is 1. The molecule has 0 unspecified atom stereocenters. The predicted molar refractivity (Wildman–Crippen MR) is 72.6 cm³/mol. The van der Waals surface area contributed by atoms with E-state index in [0.717, 1.165) is 18.4 Å². The largest absolute Gasteiger partial charge is 0.450 e. The number of hydrogen-bond donors (Lipinski definition) is 1. The summed E-state index contributed by atoms with van der Waals surface area (Å²) in [7, 11) is 0. The monoisotopic (exact) mass is 262 g/mol. The molecule has 0 spiro atoms. The topological polar surface area (TPSA) is 87.1 Å². The third kappa shape index (κ3) is 5.79. The number of rotatable bonds is 7. The molecule has 1 aromatic carbocycles. The van der Waals surface area contributed by atoms with Crippen molar-refractivity contribution in [2.45, 2.75) is 25.8 Å². The number of carbonyl (C=O) groups is 1. The molecule has 0 heterocycles. The lowest BCUT2D eigenvalue weighted by Gasteiger charge is -2.16. The van der Waals surface area contributed by atoms with Gasteiger partial charge in [-0.2, -0.15) is 0 Å². The number of carbonyl (C=O) groups excluding carboxylic acids is 1. The second-order valence-corrected chi connectivity index (χ2v) is 4.01. The van der Waals surface area contributed by atoms with Crippen molar-refractivity contribution in [3.63, 3.8) is 0 Å². The minimum atomic E-state index is -0.490. The van der Waals surface area contributed by atoms with Gasteiger partial charge in [-0.25, -0.2) is 4.79 Å². The third-order valence-electron chi connectivity index (χ3n) is 2.55. The molecule has 0 aromatic heterocycles. The van der Waals surface area contributed by atoms with Crippen LogP contribution < -0.4 is 5.32 Å². The van der Waals surface area contributed by atoms with Crippen molar-refractivity contribution < 1.29 is 9.53 Å². The smallest absolute Gasteiger partial charge is 0.407 e. The fourth-order valence-corrected chi connectivity index (χ4v) is 1.53. The van der Waals surface area contributed by atoms with Gasteiger partial charge in [0.1, 0.15) is 0 Å². The Kier molecular flexibility index (Phi) is 6.90. The average molecular weight is 262 g/mol. The number of ether oxygens (including phenoxy) is 1. The highest BCUT2D eigenvalue weighted by atomic mass is 16.5. The van der Waals surface area contributed by atoms with Gasteiger partial charge in [0.2, 0.25) is 0 Å². The first-order chi connectivity index (χ1) is 9.27. The molecule has 0 aliphatic heterocycles. The van der Waals surface area contributed by atoms with Gasteiger partial charge in [-0.15, -0.1) is 0 Å². The summed E-state index contributed by atoms with van der Waals surface area (Å²) >= 11 is 0. The first kappa shape index (κ1) is 14.9. The molecule has 1 amide bonds. The van der Waals surface area contributed by atoms with Gasteiger partial charge in [-0.1, -0.05) is 48.8 Å². The molecule has 1 atom stereocenters. The molecule has 0 saturated carbocycles. The summed E-state index contributed by atoms with van der Waals surface area (Å²) in [4.78, 5) is 14.3. The number of nitrogens with one attached hydrogen (secondary N) is 1. The van der Waals surface area contributed by atoms with E-state index in [0.29, 0.717) is 6.61 Å². The third-order valence-corrected chi connectivity index (χ3v) is 2.55. The van der Waals surface area contributed by atoms with Crippen LogP contribution in [-0.4, -0.2) is 19.2 Å². The van der Waals surface area contributed by atoms with Gasteiger partial charge in [0.15, 0.2) is 0 Å². The molecular weight excluding hydrogens is 244 g/mol. The maximum Gasteiger partial charge on any atom is 0.407 e. The van der Waals surface area contributed by atoms with Crippen LogP contribution in [0, 0.1) is 0 Å². The molecule has 102 valence electrons. The predicted octanol–water partition coefficient (Wildman–Crippen LogP) is 3.56. The molecule has 0 bridgehead atoms. The van der Waals surface area contributed by atoms with E-state index in [-0.39, 0.29) is 12.6 Å². The van der Waals surface area contributed by atoms with Crippen LogP contribution in [-0.2, 0) is 4.74 Å². The summed E-state index contributed by atoms with van der Waals surface area (Å²) in [6.07, 6.45) is 1.31. The first-order valence-corrected chi connectivity index (χ1v) is 6.27. The average Bonchev–Trinajstić information content (AvgIpc) is 2.44. The summed E-state index contributed by atoms with van der Waals surface area (Å²) in [5.41, 5.74) is 9.26. The van der Waals surface area contributed by atoms with E-state index in [2.05, 4.69) is 15.3 Å². The number of hydrogen-bond acceptors (Lipinski definition) is 3. The highest BCUT2D eigenvalue weighted by Crippen LogP contribution is 2.13. The number of nitrogens with zero attached hydrogens (tertiary/aromatic N) is 3. The van der Waals surface area contributed by atoms with Crippen LogP contribution in [0.4, 0.5) is 4.79 Å². The molecule has 0 fully saturated rings. The van der Waals surface area contributed by atoms with Crippen molar-refractivity contribution >= 4 is 6.09 Å². The van der Waals surface area contributed by atoms with Crippen LogP contribution in [0.15, 0.2) is 35.4 Å². The molecule has 0 aliphatic carbocycles. The number of azide groups is 1. The lowest BCUT2D eigenvalue weighted by molar-refractivity contribution is 0.141. The van der Waals surface area contributed by atoms with E-state index in [9.17, 15) is 4.79 Å². The molecule has 1 rings (SSSR count). The highest BCUT2D eigenvalue weighted by Gasteiger charge is 2.14. The molecule has 1 N–H and O–H groups in total. The first-order valence-electron chi connectivity index (χ1n) is 6.27. The molecule has 19 heavy (non-hydrogen) atoms. The molecule has 0 radical (unpaired) electrons. The van der Waals surface area contributed by atoms with E-state index < -0.39 is 6.09 Å². The van der Waals surface area contributed by atoms with Gasteiger partial charge in [0.05, 0.1) is 19.2 Å². The summed E-state index contributed by atoms with van der Waals surface area (Å²) in [5.74, 6) is 0. The molecule has 0 aliphatic rings. The Morgan fingerprint density at radius 3 is 2.84 bits per heavy atom. The molecule has 6 nitrogen and oxygen atoms in total. The second-order valence-electron chi connectivity index (χ2n) is 4.01. The van der Waals surface area contributed by atoms with Crippen molar-refractivity contribution in [3.05, 3.63) is 46.3 Å². The number of alkyl carbamates (subject to hydrolysis) is 1. The van der Waals surface area contributed by atoms with Crippen molar-refractivity contribution in [3.8, 4) is 0 Å². The van der Waals surface area contributed by atoms with Crippen LogP contribution >= 0.6 is 0 Å². The minimum absolute atomic E-state index is 0.156. The van der Waals surface area contributed by atoms with Gasteiger partial charge in [-0.3, -0.25) is 0 Å². The molecule has 1 aromatic rings. The normalized spacial score (nSPS) is 11.2. The van der Waals surface area contributed by atoms with Crippen molar-refractivity contribution in [1.82, 2.24) is 5.32 Å². The lowest BCUT2D eigenvalue weighted by Crippen LogP contribution is -2.31. The summed E-state index contributed by atoms with van der Waals surface area (Å²) in [6.45, 7) is 2.57. The van der Waals surface area contributed by atoms with Crippen molar-refractivity contribution in [2.24, 2.45) is 5.11 Å². The SMILES string of the molecule is CCCCOC(=O)N[C@@H](CN=[N+]=[N-])c1ccccc1.